The van der Waals surface area contributed by atoms with Crippen LogP contribution in [0.4, 0.5) is 5.69 Å². The number of anilines is 1. The van der Waals surface area contributed by atoms with E-state index in [4.69, 9.17) is 9.40 Å². The van der Waals surface area contributed by atoms with Crippen LogP contribution >= 0.6 is 15.9 Å². The molecule has 0 aliphatic rings. The molecule has 136 valence electrons. The summed E-state index contributed by atoms with van der Waals surface area (Å²) in [7, 11) is 0. The molecule has 0 radical (unpaired) electrons. The van der Waals surface area contributed by atoms with Crippen LogP contribution < -0.4 is 4.90 Å². The van der Waals surface area contributed by atoms with Crippen molar-refractivity contribution < 1.29 is 4.42 Å². The van der Waals surface area contributed by atoms with Gasteiger partial charge in [0.2, 0.25) is 5.89 Å². The van der Waals surface area contributed by atoms with Crippen molar-refractivity contribution in [2.45, 2.75) is 13.8 Å². The van der Waals surface area contributed by atoms with Crippen LogP contribution in [0.2, 0.25) is 0 Å². The van der Waals surface area contributed by atoms with Crippen LogP contribution in [0.1, 0.15) is 13.8 Å². The lowest BCUT2D eigenvalue weighted by Gasteiger charge is -2.22. The van der Waals surface area contributed by atoms with Gasteiger partial charge in [-0.15, -0.1) is 0 Å². The monoisotopic (exact) mass is 420 g/mol. The van der Waals surface area contributed by atoms with Gasteiger partial charge in [-0.05, 0) is 71.2 Å². The normalized spacial score (nSPS) is 11.1. The maximum atomic E-state index is 6.01. The summed E-state index contributed by atoms with van der Waals surface area (Å²) in [5.41, 5.74) is 6.14. The van der Waals surface area contributed by atoms with Crippen molar-refractivity contribution in [2.24, 2.45) is 0 Å². The van der Waals surface area contributed by atoms with Crippen LogP contribution in [0.15, 0.2) is 75.6 Å². The molecule has 0 amide bonds. The van der Waals surface area contributed by atoms with E-state index in [0.717, 1.165) is 39.8 Å². The highest BCUT2D eigenvalue weighted by Gasteiger charge is 2.13. The number of fused-ring (bicyclic) bond motifs is 1. The van der Waals surface area contributed by atoms with E-state index in [9.17, 15) is 0 Å². The van der Waals surface area contributed by atoms with E-state index in [0.29, 0.717) is 5.89 Å². The van der Waals surface area contributed by atoms with E-state index in [1.54, 1.807) is 0 Å². The first-order valence-electron chi connectivity index (χ1n) is 9.20. The van der Waals surface area contributed by atoms with E-state index >= 15 is 0 Å². The lowest BCUT2D eigenvalue weighted by atomic mass is 10.1. The molecule has 0 saturated heterocycles. The molecule has 0 aliphatic heterocycles. The minimum atomic E-state index is 0.641. The second kappa shape index (κ2) is 7.57. The Kier molecular flexibility index (Phi) is 4.99. The highest BCUT2D eigenvalue weighted by atomic mass is 79.9. The molecule has 0 bridgehead atoms. The number of aromatic nitrogens is 1. The molecular weight excluding hydrogens is 400 g/mol. The Balaban J connectivity index is 1.71. The van der Waals surface area contributed by atoms with Gasteiger partial charge in [-0.1, -0.05) is 36.4 Å². The highest BCUT2D eigenvalue weighted by Crippen LogP contribution is 2.33. The number of rotatable bonds is 5. The van der Waals surface area contributed by atoms with Gasteiger partial charge in [0.15, 0.2) is 5.58 Å². The highest BCUT2D eigenvalue weighted by molar-refractivity contribution is 9.10. The third kappa shape index (κ3) is 3.50. The molecule has 3 aromatic carbocycles. The molecule has 0 spiro atoms. The Morgan fingerprint density at radius 2 is 1.59 bits per heavy atom. The van der Waals surface area contributed by atoms with E-state index in [2.05, 4.69) is 77.1 Å². The van der Waals surface area contributed by atoms with Gasteiger partial charge in [-0.2, -0.15) is 0 Å². The molecule has 4 rings (SSSR count). The zero-order valence-corrected chi connectivity index (χ0v) is 17.0. The summed E-state index contributed by atoms with van der Waals surface area (Å²) in [5.74, 6) is 0.641. The predicted octanol–water partition coefficient (Wildman–Crippen LogP) is 6.77. The van der Waals surface area contributed by atoms with E-state index in [-0.39, 0.29) is 0 Å². The molecule has 4 heteroatoms. The summed E-state index contributed by atoms with van der Waals surface area (Å²) in [4.78, 5) is 7.04. The van der Waals surface area contributed by atoms with Crippen molar-refractivity contribution in [1.29, 1.82) is 0 Å². The Hall–Kier alpha value is -2.59. The van der Waals surface area contributed by atoms with Gasteiger partial charge in [0, 0.05) is 23.1 Å². The minimum Gasteiger partial charge on any atom is -0.436 e. The molecule has 0 fully saturated rings. The maximum absolute atomic E-state index is 6.01. The molecule has 0 unspecified atom stereocenters. The summed E-state index contributed by atoms with van der Waals surface area (Å²) < 4.78 is 7.06. The zero-order valence-electron chi connectivity index (χ0n) is 15.4. The SMILES string of the molecule is CCN(CC)c1ccc(-c2nc3cc(-c4ccccc4)ccc3o2)cc1Br. The average molecular weight is 421 g/mol. The van der Waals surface area contributed by atoms with Crippen molar-refractivity contribution in [1.82, 2.24) is 4.98 Å². The molecule has 0 atom stereocenters. The largest absolute Gasteiger partial charge is 0.436 e. The summed E-state index contributed by atoms with van der Waals surface area (Å²) in [6.45, 7) is 6.27. The van der Waals surface area contributed by atoms with Crippen LogP contribution in [0.5, 0.6) is 0 Å². The van der Waals surface area contributed by atoms with E-state index in [1.807, 2.05) is 24.3 Å². The second-order valence-corrected chi connectivity index (χ2v) is 7.26. The van der Waals surface area contributed by atoms with E-state index < -0.39 is 0 Å². The van der Waals surface area contributed by atoms with Gasteiger partial charge in [-0.3, -0.25) is 0 Å². The Morgan fingerprint density at radius 3 is 2.30 bits per heavy atom. The predicted molar refractivity (Wildman–Crippen MR) is 116 cm³/mol. The fourth-order valence-electron chi connectivity index (χ4n) is 3.32. The van der Waals surface area contributed by atoms with Gasteiger partial charge in [0.1, 0.15) is 5.52 Å². The third-order valence-electron chi connectivity index (χ3n) is 4.79. The van der Waals surface area contributed by atoms with Crippen LogP contribution in [0.25, 0.3) is 33.7 Å². The zero-order chi connectivity index (χ0) is 18.8. The fraction of sp³-hybridized carbons (Fsp3) is 0.174. The van der Waals surface area contributed by atoms with Gasteiger partial charge >= 0.3 is 0 Å². The fourth-order valence-corrected chi connectivity index (χ4v) is 3.95. The van der Waals surface area contributed by atoms with Crippen molar-refractivity contribution in [2.75, 3.05) is 18.0 Å². The third-order valence-corrected chi connectivity index (χ3v) is 5.43. The van der Waals surface area contributed by atoms with Crippen LogP contribution in [-0.2, 0) is 0 Å². The number of hydrogen-bond donors (Lipinski definition) is 0. The Morgan fingerprint density at radius 1 is 0.852 bits per heavy atom. The molecule has 27 heavy (non-hydrogen) atoms. The van der Waals surface area contributed by atoms with Gasteiger partial charge in [0.25, 0.3) is 0 Å². The smallest absolute Gasteiger partial charge is 0.227 e. The minimum absolute atomic E-state index is 0.641. The molecule has 4 aromatic rings. The van der Waals surface area contributed by atoms with Crippen molar-refractivity contribution in [3.05, 3.63) is 71.2 Å². The number of oxazole rings is 1. The first kappa shape index (κ1) is 17.8. The van der Waals surface area contributed by atoms with E-state index in [1.165, 1.54) is 11.3 Å². The number of hydrogen-bond acceptors (Lipinski definition) is 3. The standard InChI is InChI=1S/C23H21BrN2O/c1-3-26(4-2)21-12-10-18(14-19(21)24)23-25-20-15-17(11-13-22(20)27-23)16-8-6-5-7-9-16/h5-15H,3-4H2,1-2H3. The summed E-state index contributed by atoms with van der Waals surface area (Å²) in [5, 5.41) is 0. The molecule has 1 aromatic heterocycles. The van der Waals surface area contributed by atoms with Gasteiger partial charge in [-0.25, -0.2) is 4.98 Å². The van der Waals surface area contributed by atoms with Gasteiger partial charge < -0.3 is 9.32 Å². The second-order valence-electron chi connectivity index (χ2n) is 6.41. The summed E-state index contributed by atoms with van der Waals surface area (Å²) in [6.07, 6.45) is 0. The maximum Gasteiger partial charge on any atom is 0.227 e. The number of halogens is 1. The molecule has 3 nitrogen and oxygen atoms in total. The Bertz CT molecular complexity index is 1070. The lowest BCUT2D eigenvalue weighted by Crippen LogP contribution is -2.22. The number of benzene rings is 3. The van der Waals surface area contributed by atoms with Crippen molar-refractivity contribution in [3.8, 4) is 22.6 Å². The molecule has 0 N–H and O–H groups in total. The first-order valence-corrected chi connectivity index (χ1v) is 9.99. The summed E-state index contributed by atoms with van der Waals surface area (Å²) >= 11 is 3.70. The quantitative estimate of drug-likeness (QED) is 0.356. The lowest BCUT2D eigenvalue weighted by molar-refractivity contribution is 0.620. The topological polar surface area (TPSA) is 29.3 Å². The first-order chi connectivity index (χ1) is 13.2. The van der Waals surface area contributed by atoms with Crippen LogP contribution in [0.3, 0.4) is 0 Å². The molecule has 1 heterocycles. The Labute approximate surface area is 167 Å². The van der Waals surface area contributed by atoms with Crippen molar-refractivity contribution >= 4 is 32.7 Å². The average Bonchev–Trinajstić information content (AvgIpc) is 3.14. The van der Waals surface area contributed by atoms with Crippen LogP contribution in [0, 0.1) is 0 Å². The van der Waals surface area contributed by atoms with Crippen molar-refractivity contribution in [3.63, 3.8) is 0 Å². The molecular formula is C23H21BrN2O. The summed E-state index contributed by atoms with van der Waals surface area (Å²) in [6, 6.07) is 22.7. The van der Waals surface area contributed by atoms with Crippen LogP contribution in [-0.4, -0.2) is 18.1 Å². The van der Waals surface area contributed by atoms with Gasteiger partial charge in [0.05, 0.1) is 5.69 Å². The number of nitrogens with zero attached hydrogens (tertiary/aromatic N) is 2. The molecule has 0 aliphatic carbocycles. The molecule has 0 saturated carbocycles.